The van der Waals surface area contributed by atoms with Gasteiger partial charge in [-0.25, -0.2) is 0 Å². The van der Waals surface area contributed by atoms with Gasteiger partial charge in [0.1, 0.15) is 0 Å². The smallest absolute Gasteiger partial charge is 0.204 e. The van der Waals surface area contributed by atoms with Gasteiger partial charge < -0.3 is 4.74 Å². The van der Waals surface area contributed by atoms with E-state index < -0.39 is 0 Å². The van der Waals surface area contributed by atoms with Crippen LogP contribution < -0.4 is 0 Å². The standard InChI is InChI=1S/C15H20N6O/c1-4-15(5-2-8-22-15)11-21(7-1)10-13-9-12(3-6-16-13)14-17-19-20-18-14/h3,6,9H,1-2,4-5,7-8,10-11H2,(H,17,18,19,20). The van der Waals surface area contributed by atoms with Gasteiger partial charge >= 0.3 is 0 Å². The van der Waals surface area contributed by atoms with Crippen LogP contribution in [0.2, 0.25) is 0 Å². The molecule has 0 bridgehead atoms. The molecule has 7 heteroatoms. The van der Waals surface area contributed by atoms with Gasteiger partial charge in [0.2, 0.25) is 5.82 Å². The average Bonchev–Trinajstić information content (AvgIpc) is 3.20. The lowest BCUT2D eigenvalue weighted by Crippen LogP contribution is -2.47. The molecule has 22 heavy (non-hydrogen) atoms. The van der Waals surface area contributed by atoms with Crippen LogP contribution in [0.5, 0.6) is 0 Å². The number of nitrogens with one attached hydrogen (secondary N) is 1. The quantitative estimate of drug-likeness (QED) is 0.923. The van der Waals surface area contributed by atoms with E-state index in [-0.39, 0.29) is 5.60 Å². The van der Waals surface area contributed by atoms with Crippen molar-refractivity contribution in [2.75, 3.05) is 19.7 Å². The van der Waals surface area contributed by atoms with Crippen LogP contribution in [0.25, 0.3) is 11.4 Å². The number of aromatic amines is 1. The number of piperidine rings is 1. The Kier molecular flexibility index (Phi) is 3.59. The first kappa shape index (κ1) is 13.8. The highest BCUT2D eigenvalue weighted by Crippen LogP contribution is 2.34. The molecule has 1 spiro atoms. The van der Waals surface area contributed by atoms with Gasteiger partial charge in [-0.3, -0.25) is 9.88 Å². The van der Waals surface area contributed by atoms with Crippen molar-refractivity contribution in [3.05, 3.63) is 24.0 Å². The molecule has 2 aliphatic heterocycles. The van der Waals surface area contributed by atoms with Gasteiger partial charge in [-0.15, -0.1) is 10.2 Å². The number of pyridine rings is 1. The molecule has 2 fully saturated rings. The van der Waals surface area contributed by atoms with Crippen molar-refractivity contribution < 1.29 is 4.74 Å². The third-order valence-corrected chi connectivity index (χ3v) is 4.61. The molecule has 116 valence electrons. The zero-order valence-corrected chi connectivity index (χ0v) is 12.5. The number of rotatable bonds is 3. The molecule has 2 saturated heterocycles. The van der Waals surface area contributed by atoms with Gasteiger partial charge in [0.25, 0.3) is 0 Å². The van der Waals surface area contributed by atoms with E-state index in [2.05, 4.69) is 30.5 Å². The molecule has 7 nitrogen and oxygen atoms in total. The van der Waals surface area contributed by atoms with E-state index in [4.69, 9.17) is 4.74 Å². The summed E-state index contributed by atoms with van der Waals surface area (Å²) in [6.45, 7) is 3.89. The van der Waals surface area contributed by atoms with Crippen molar-refractivity contribution in [3.63, 3.8) is 0 Å². The van der Waals surface area contributed by atoms with Gasteiger partial charge in [0.15, 0.2) is 0 Å². The van der Waals surface area contributed by atoms with Crippen molar-refractivity contribution in [3.8, 4) is 11.4 Å². The lowest BCUT2D eigenvalue weighted by Gasteiger charge is -2.39. The minimum Gasteiger partial charge on any atom is -0.374 e. The first-order valence-corrected chi connectivity index (χ1v) is 7.88. The number of likely N-dealkylation sites (tertiary alicyclic amines) is 1. The predicted octanol–water partition coefficient (Wildman–Crippen LogP) is 1.41. The van der Waals surface area contributed by atoms with E-state index in [1.807, 2.05) is 18.3 Å². The van der Waals surface area contributed by atoms with Crippen LogP contribution in [0.3, 0.4) is 0 Å². The molecule has 1 atom stereocenters. The van der Waals surface area contributed by atoms with Crippen molar-refractivity contribution >= 4 is 0 Å². The monoisotopic (exact) mass is 300 g/mol. The summed E-state index contributed by atoms with van der Waals surface area (Å²) < 4.78 is 6.04. The minimum atomic E-state index is 0.101. The van der Waals surface area contributed by atoms with Gasteiger partial charge in [0.05, 0.1) is 11.3 Å². The lowest BCUT2D eigenvalue weighted by atomic mass is 9.90. The number of ether oxygens (including phenoxy) is 1. The molecule has 4 rings (SSSR count). The van der Waals surface area contributed by atoms with E-state index in [0.717, 1.165) is 37.5 Å². The summed E-state index contributed by atoms with van der Waals surface area (Å²) in [6, 6.07) is 3.95. The number of tetrazole rings is 1. The van der Waals surface area contributed by atoms with E-state index in [0.29, 0.717) is 5.82 Å². The van der Waals surface area contributed by atoms with Crippen molar-refractivity contribution in [2.24, 2.45) is 0 Å². The fraction of sp³-hybridized carbons (Fsp3) is 0.600. The molecule has 1 unspecified atom stereocenters. The van der Waals surface area contributed by atoms with Crippen LogP contribution >= 0.6 is 0 Å². The average molecular weight is 300 g/mol. The molecule has 4 heterocycles. The number of nitrogens with zero attached hydrogens (tertiary/aromatic N) is 5. The van der Waals surface area contributed by atoms with E-state index in [1.165, 1.54) is 25.7 Å². The Balaban J connectivity index is 1.48. The summed E-state index contributed by atoms with van der Waals surface area (Å²) >= 11 is 0. The van der Waals surface area contributed by atoms with Gasteiger partial charge in [-0.2, -0.15) is 5.21 Å². The lowest BCUT2D eigenvalue weighted by molar-refractivity contribution is -0.0534. The van der Waals surface area contributed by atoms with Crippen LogP contribution in [-0.2, 0) is 11.3 Å². The van der Waals surface area contributed by atoms with Crippen LogP contribution in [-0.4, -0.2) is 55.8 Å². The fourth-order valence-electron chi connectivity index (χ4n) is 3.62. The predicted molar refractivity (Wildman–Crippen MR) is 79.8 cm³/mol. The molecular weight excluding hydrogens is 280 g/mol. The zero-order valence-electron chi connectivity index (χ0n) is 12.5. The third-order valence-electron chi connectivity index (χ3n) is 4.61. The van der Waals surface area contributed by atoms with Crippen LogP contribution in [0.4, 0.5) is 0 Å². The molecule has 2 aromatic rings. The Morgan fingerprint density at radius 2 is 2.27 bits per heavy atom. The second-order valence-electron chi connectivity index (χ2n) is 6.22. The second-order valence-corrected chi connectivity index (χ2v) is 6.22. The number of hydrogen-bond acceptors (Lipinski definition) is 6. The third kappa shape index (κ3) is 2.74. The van der Waals surface area contributed by atoms with E-state index in [9.17, 15) is 0 Å². The van der Waals surface area contributed by atoms with E-state index in [1.54, 1.807) is 0 Å². The highest BCUT2D eigenvalue weighted by atomic mass is 16.5. The molecule has 0 aliphatic carbocycles. The Hall–Kier alpha value is -1.86. The van der Waals surface area contributed by atoms with Crippen LogP contribution in [0.15, 0.2) is 18.3 Å². The number of aromatic nitrogens is 5. The van der Waals surface area contributed by atoms with Gasteiger partial charge in [0, 0.05) is 31.5 Å². The Morgan fingerprint density at radius 3 is 3.09 bits per heavy atom. The van der Waals surface area contributed by atoms with Crippen LogP contribution in [0.1, 0.15) is 31.4 Å². The minimum absolute atomic E-state index is 0.101. The largest absolute Gasteiger partial charge is 0.374 e. The SMILES string of the molecule is c1cc(-c2nn[nH]n2)cc(CN2CCCC3(CCCO3)C2)n1. The summed E-state index contributed by atoms with van der Waals surface area (Å²) in [5, 5.41) is 14.1. The van der Waals surface area contributed by atoms with Gasteiger partial charge in [-0.1, -0.05) is 0 Å². The summed E-state index contributed by atoms with van der Waals surface area (Å²) in [5.41, 5.74) is 2.09. The molecule has 2 aliphatic rings. The van der Waals surface area contributed by atoms with Crippen molar-refractivity contribution in [2.45, 2.75) is 37.8 Å². The Labute approximate surface area is 129 Å². The summed E-state index contributed by atoms with van der Waals surface area (Å²) in [4.78, 5) is 6.95. The molecule has 0 amide bonds. The summed E-state index contributed by atoms with van der Waals surface area (Å²) in [5.74, 6) is 0.609. The first-order chi connectivity index (χ1) is 10.8. The molecule has 0 aromatic carbocycles. The number of H-pyrrole nitrogens is 1. The van der Waals surface area contributed by atoms with Gasteiger partial charge in [-0.05, 0) is 49.6 Å². The maximum Gasteiger partial charge on any atom is 0.204 e. The van der Waals surface area contributed by atoms with Crippen LogP contribution in [0, 0.1) is 0 Å². The fourth-order valence-corrected chi connectivity index (χ4v) is 3.62. The molecular formula is C15H20N6O. The number of hydrogen-bond donors (Lipinski definition) is 1. The Morgan fingerprint density at radius 1 is 1.32 bits per heavy atom. The highest BCUT2D eigenvalue weighted by molar-refractivity contribution is 5.53. The topological polar surface area (TPSA) is 79.8 Å². The second kappa shape index (κ2) is 5.73. The zero-order chi connectivity index (χ0) is 14.8. The summed E-state index contributed by atoms with van der Waals surface area (Å²) in [7, 11) is 0. The first-order valence-electron chi connectivity index (χ1n) is 7.88. The maximum atomic E-state index is 6.04. The van der Waals surface area contributed by atoms with E-state index >= 15 is 0 Å². The molecule has 0 radical (unpaired) electrons. The Bertz CT molecular complexity index is 623. The highest BCUT2D eigenvalue weighted by Gasteiger charge is 2.39. The molecule has 2 aromatic heterocycles. The maximum absolute atomic E-state index is 6.04. The molecule has 0 saturated carbocycles. The molecule has 1 N–H and O–H groups in total. The van der Waals surface area contributed by atoms with Crippen molar-refractivity contribution in [1.82, 2.24) is 30.5 Å². The summed E-state index contributed by atoms with van der Waals surface area (Å²) in [6.07, 6.45) is 6.59. The normalized spacial score (nSPS) is 25.8. The van der Waals surface area contributed by atoms with Crippen molar-refractivity contribution in [1.29, 1.82) is 0 Å².